The highest BCUT2D eigenvalue weighted by atomic mass is 16.6. The quantitative estimate of drug-likeness (QED) is 0.351. The van der Waals surface area contributed by atoms with Gasteiger partial charge in [-0.3, -0.25) is 4.90 Å². The summed E-state index contributed by atoms with van der Waals surface area (Å²) in [5, 5.41) is 0. The van der Waals surface area contributed by atoms with E-state index in [1.807, 2.05) is 0 Å². The van der Waals surface area contributed by atoms with Crippen molar-refractivity contribution in [2.75, 3.05) is 19.8 Å². The maximum absolute atomic E-state index is 12.1. The van der Waals surface area contributed by atoms with Crippen molar-refractivity contribution in [2.24, 2.45) is 0 Å². The summed E-state index contributed by atoms with van der Waals surface area (Å²) < 4.78 is 10.3. The highest BCUT2D eigenvalue weighted by Gasteiger charge is 2.36. The molecule has 0 radical (unpaired) electrons. The third kappa shape index (κ3) is 6.50. The van der Waals surface area contributed by atoms with Crippen LogP contribution in [0, 0.1) is 0 Å². The number of hydrogen-bond acceptors (Lipinski definition) is 4. The van der Waals surface area contributed by atoms with E-state index < -0.39 is 12.1 Å². The fourth-order valence-corrected chi connectivity index (χ4v) is 2.59. The minimum atomic E-state index is -0.489. The Morgan fingerprint density at radius 2 is 1.91 bits per heavy atom. The van der Waals surface area contributed by atoms with Crippen molar-refractivity contribution in [3.05, 3.63) is 12.7 Å². The van der Waals surface area contributed by atoms with Gasteiger partial charge in [0, 0.05) is 6.54 Å². The van der Waals surface area contributed by atoms with E-state index in [0.717, 1.165) is 19.3 Å². The molecule has 0 aliphatic carbocycles. The van der Waals surface area contributed by atoms with Gasteiger partial charge in [0.1, 0.15) is 12.6 Å². The zero-order chi connectivity index (χ0) is 16.2. The number of hydrogen-bond donors (Lipinski definition) is 0. The number of carbonyl (C=O) groups is 2. The molecule has 1 atom stereocenters. The van der Waals surface area contributed by atoms with Crippen LogP contribution < -0.4 is 0 Å². The second-order valence-electron chi connectivity index (χ2n) is 5.65. The minimum Gasteiger partial charge on any atom is -0.464 e. The van der Waals surface area contributed by atoms with E-state index in [2.05, 4.69) is 13.5 Å². The molecule has 0 N–H and O–H groups in total. The van der Waals surface area contributed by atoms with Gasteiger partial charge < -0.3 is 9.47 Å². The minimum absolute atomic E-state index is 0.162. The van der Waals surface area contributed by atoms with Crippen LogP contribution in [0.25, 0.3) is 0 Å². The van der Waals surface area contributed by atoms with E-state index in [4.69, 9.17) is 9.47 Å². The largest absolute Gasteiger partial charge is 0.464 e. The Hall–Kier alpha value is -1.52. The summed E-state index contributed by atoms with van der Waals surface area (Å²) in [6.45, 7) is 6.84. The average Bonchev–Trinajstić information content (AvgIpc) is 3.01. The Bertz CT molecular complexity index is 357. The number of ether oxygens (including phenoxy) is 2. The average molecular weight is 311 g/mol. The number of nitrogens with zero attached hydrogens (tertiary/aromatic N) is 1. The molecule has 1 aliphatic rings. The summed E-state index contributed by atoms with van der Waals surface area (Å²) in [7, 11) is 0. The van der Waals surface area contributed by atoms with Crippen molar-refractivity contribution in [3.63, 3.8) is 0 Å². The van der Waals surface area contributed by atoms with Crippen molar-refractivity contribution >= 4 is 12.1 Å². The van der Waals surface area contributed by atoms with Gasteiger partial charge >= 0.3 is 12.1 Å². The molecule has 0 aromatic carbocycles. The second kappa shape index (κ2) is 11.1. The molecular weight excluding hydrogens is 282 g/mol. The smallest absolute Gasteiger partial charge is 0.410 e. The van der Waals surface area contributed by atoms with Gasteiger partial charge in [-0.15, -0.1) is 0 Å². The van der Waals surface area contributed by atoms with Gasteiger partial charge in [0.2, 0.25) is 0 Å². The summed E-state index contributed by atoms with van der Waals surface area (Å²) >= 11 is 0. The van der Waals surface area contributed by atoms with Gasteiger partial charge in [-0.25, -0.2) is 9.59 Å². The molecule has 126 valence electrons. The number of amides is 1. The third-order valence-corrected chi connectivity index (χ3v) is 3.83. The lowest BCUT2D eigenvalue weighted by molar-refractivity contribution is -0.148. The van der Waals surface area contributed by atoms with Crippen LogP contribution in [0.3, 0.4) is 0 Å². The van der Waals surface area contributed by atoms with Crippen molar-refractivity contribution < 1.29 is 19.1 Å². The molecule has 1 saturated heterocycles. The molecule has 5 nitrogen and oxygen atoms in total. The van der Waals surface area contributed by atoms with Gasteiger partial charge in [-0.05, 0) is 19.3 Å². The lowest BCUT2D eigenvalue weighted by Crippen LogP contribution is -2.41. The number of likely N-dealkylation sites (tertiary alicyclic amines) is 1. The predicted octanol–water partition coefficient (Wildman–Crippen LogP) is 3.68. The predicted molar refractivity (Wildman–Crippen MR) is 85.6 cm³/mol. The van der Waals surface area contributed by atoms with Crippen LogP contribution in [0.5, 0.6) is 0 Å². The van der Waals surface area contributed by atoms with Crippen molar-refractivity contribution in [1.82, 2.24) is 4.90 Å². The Balaban J connectivity index is 2.22. The van der Waals surface area contributed by atoms with Crippen LogP contribution in [-0.4, -0.2) is 42.8 Å². The number of esters is 1. The summed E-state index contributed by atoms with van der Waals surface area (Å²) in [5.41, 5.74) is 0. The summed E-state index contributed by atoms with van der Waals surface area (Å²) in [6.07, 6.45) is 9.42. The zero-order valence-corrected chi connectivity index (χ0v) is 13.7. The summed E-state index contributed by atoms with van der Waals surface area (Å²) in [5.74, 6) is -0.304. The molecule has 1 unspecified atom stereocenters. The molecule has 1 rings (SSSR count). The molecule has 1 heterocycles. The first-order valence-electron chi connectivity index (χ1n) is 8.41. The molecule has 0 spiro atoms. The highest BCUT2D eigenvalue weighted by Crippen LogP contribution is 2.19. The fourth-order valence-electron chi connectivity index (χ4n) is 2.59. The van der Waals surface area contributed by atoms with Crippen molar-refractivity contribution in [3.8, 4) is 0 Å². The first kappa shape index (κ1) is 18.5. The monoisotopic (exact) mass is 311 g/mol. The summed E-state index contributed by atoms with van der Waals surface area (Å²) in [4.78, 5) is 25.4. The Morgan fingerprint density at radius 3 is 2.64 bits per heavy atom. The van der Waals surface area contributed by atoms with E-state index in [-0.39, 0.29) is 12.6 Å². The Kier molecular flexibility index (Phi) is 9.35. The van der Waals surface area contributed by atoms with Crippen molar-refractivity contribution in [1.29, 1.82) is 0 Å². The van der Waals surface area contributed by atoms with E-state index in [0.29, 0.717) is 19.6 Å². The molecule has 5 heteroatoms. The maximum atomic E-state index is 12.1. The van der Waals surface area contributed by atoms with Crippen LogP contribution in [0.2, 0.25) is 0 Å². The highest BCUT2D eigenvalue weighted by molar-refractivity contribution is 5.82. The Labute approximate surface area is 133 Å². The van der Waals surface area contributed by atoms with Gasteiger partial charge in [0.05, 0.1) is 6.61 Å². The number of rotatable bonds is 10. The van der Waals surface area contributed by atoms with E-state index in [1.165, 1.54) is 36.7 Å². The lowest BCUT2D eigenvalue weighted by atomic mass is 10.1. The van der Waals surface area contributed by atoms with E-state index in [9.17, 15) is 9.59 Å². The molecule has 0 aromatic rings. The summed E-state index contributed by atoms with van der Waals surface area (Å²) in [6, 6.07) is -0.489. The molecule has 1 aliphatic heterocycles. The topological polar surface area (TPSA) is 55.8 Å². The van der Waals surface area contributed by atoms with Crippen LogP contribution in [-0.2, 0) is 14.3 Å². The van der Waals surface area contributed by atoms with Crippen LogP contribution >= 0.6 is 0 Å². The van der Waals surface area contributed by atoms with Crippen LogP contribution in [0.15, 0.2) is 12.7 Å². The SMILES string of the molecule is C=CCOC(=O)N1CCCC1C(=O)OCCCCCCCC. The molecule has 1 amide bonds. The lowest BCUT2D eigenvalue weighted by Gasteiger charge is -2.22. The molecule has 22 heavy (non-hydrogen) atoms. The van der Waals surface area contributed by atoms with Gasteiger partial charge in [-0.1, -0.05) is 51.7 Å². The standard InChI is InChI=1S/C17H29NO4/c1-3-5-6-7-8-9-14-21-16(19)15-11-10-12-18(15)17(20)22-13-4-2/h4,15H,2-3,5-14H2,1H3. The first-order chi connectivity index (χ1) is 10.7. The van der Waals surface area contributed by atoms with Gasteiger partial charge in [0.15, 0.2) is 0 Å². The molecule has 0 saturated carbocycles. The zero-order valence-electron chi connectivity index (χ0n) is 13.7. The number of carbonyl (C=O) groups excluding carboxylic acids is 2. The molecule has 0 aromatic heterocycles. The second-order valence-corrected chi connectivity index (χ2v) is 5.65. The third-order valence-electron chi connectivity index (χ3n) is 3.83. The molecule has 0 bridgehead atoms. The maximum Gasteiger partial charge on any atom is 0.410 e. The van der Waals surface area contributed by atoms with Crippen LogP contribution in [0.1, 0.15) is 58.3 Å². The van der Waals surface area contributed by atoms with Gasteiger partial charge in [0.25, 0.3) is 0 Å². The fraction of sp³-hybridized carbons (Fsp3) is 0.765. The Morgan fingerprint density at radius 1 is 1.18 bits per heavy atom. The normalized spacial score (nSPS) is 17.3. The van der Waals surface area contributed by atoms with Crippen molar-refractivity contribution in [2.45, 2.75) is 64.3 Å². The first-order valence-corrected chi connectivity index (χ1v) is 8.41. The molecular formula is C17H29NO4. The van der Waals surface area contributed by atoms with E-state index >= 15 is 0 Å². The van der Waals surface area contributed by atoms with Crippen LogP contribution in [0.4, 0.5) is 4.79 Å². The van der Waals surface area contributed by atoms with E-state index in [1.54, 1.807) is 0 Å². The van der Waals surface area contributed by atoms with Gasteiger partial charge in [-0.2, -0.15) is 0 Å². The number of unbranched alkanes of at least 4 members (excludes halogenated alkanes) is 5. The molecule has 1 fully saturated rings.